The Balaban J connectivity index is 1.68. The Hall–Kier alpha value is -3.41. The van der Waals surface area contributed by atoms with Crippen LogP contribution in [0.25, 0.3) is 11.3 Å². The quantitative estimate of drug-likeness (QED) is 0.610. The van der Waals surface area contributed by atoms with Crippen molar-refractivity contribution >= 4 is 5.91 Å². The summed E-state index contributed by atoms with van der Waals surface area (Å²) in [5.41, 5.74) is 3.83. The van der Waals surface area contributed by atoms with Gasteiger partial charge in [-0.25, -0.2) is 4.98 Å². The molecule has 1 unspecified atom stereocenters. The van der Waals surface area contributed by atoms with Crippen molar-refractivity contribution in [2.24, 2.45) is 0 Å². The van der Waals surface area contributed by atoms with Crippen LogP contribution < -0.4 is 9.47 Å². The fraction of sp³-hybridized carbons (Fsp3) is 0.292. The molecule has 0 radical (unpaired) electrons. The van der Waals surface area contributed by atoms with Gasteiger partial charge in [-0.05, 0) is 42.7 Å². The Morgan fingerprint density at radius 1 is 1.03 bits per heavy atom. The first-order chi connectivity index (χ1) is 14.7. The van der Waals surface area contributed by atoms with E-state index in [4.69, 9.17) is 9.47 Å². The number of benzene rings is 1. The van der Waals surface area contributed by atoms with Gasteiger partial charge in [0.1, 0.15) is 5.75 Å². The number of ether oxygens (including phenoxy) is 2. The number of hydrogen-bond donors (Lipinski definition) is 0. The molecule has 0 bridgehead atoms. The molecule has 1 atom stereocenters. The number of carbonyl (C=O) groups is 1. The molecular weight excluding hydrogens is 378 g/mol. The summed E-state index contributed by atoms with van der Waals surface area (Å²) in [5, 5.41) is 0. The van der Waals surface area contributed by atoms with Gasteiger partial charge in [0.2, 0.25) is 11.8 Å². The van der Waals surface area contributed by atoms with E-state index >= 15 is 0 Å². The lowest BCUT2D eigenvalue weighted by Crippen LogP contribution is -2.38. The molecule has 0 aliphatic carbocycles. The second-order valence-electron chi connectivity index (χ2n) is 7.28. The Kier molecular flexibility index (Phi) is 5.93. The Morgan fingerprint density at radius 2 is 1.93 bits per heavy atom. The minimum Gasteiger partial charge on any atom is -0.496 e. The summed E-state index contributed by atoms with van der Waals surface area (Å²) >= 11 is 0. The average Bonchev–Trinajstić information content (AvgIpc) is 2.80. The van der Waals surface area contributed by atoms with Gasteiger partial charge in [-0.2, -0.15) is 0 Å². The average molecular weight is 403 g/mol. The third-order valence-corrected chi connectivity index (χ3v) is 5.47. The summed E-state index contributed by atoms with van der Waals surface area (Å²) in [7, 11) is 3.22. The van der Waals surface area contributed by atoms with Gasteiger partial charge in [0.25, 0.3) is 0 Å². The molecule has 1 fully saturated rings. The number of likely N-dealkylation sites (tertiary alicyclic amines) is 1. The molecule has 0 spiro atoms. The standard InChI is InChI=1S/C24H25N3O3/c1-29-21-12-14-26-24(30-2)23(21)20-10-6-11-22(28)27(20)16-17-7-5-8-18(15-17)19-9-3-4-13-25-19/h3-5,7-9,12-15,20H,6,10-11,16H2,1-2H3. The van der Waals surface area contributed by atoms with Crippen LogP contribution in [0.4, 0.5) is 0 Å². The van der Waals surface area contributed by atoms with Gasteiger partial charge in [0.15, 0.2) is 0 Å². The number of pyridine rings is 2. The van der Waals surface area contributed by atoms with Crippen molar-refractivity contribution in [1.82, 2.24) is 14.9 Å². The summed E-state index contributed by atoms with van der Waals surface area (Å²) in [6.45, 7) is 0.505. The fourth-order valence-corrected chi connectivity index (χ4v) is 4.06. The first-order valence-electron chi connectivity index (χ1n) is 10.1. The van der Waals surface area contributed by atoms with Crippen molar-refractivity contribution in [3.05, 3.63) is 72.1 Å². The first kappa shape index (κ1) is 19.9. The Morgan fingerprint density at radius 3 is 2.70 bits per heavy atom. The highest BCUT2D eigenvalue weighted by Crippen LogP contribution is 2.41. The van der Waals surface area contributed by atoms with Crippen LogP contribution in [-0.4, -0.2) is 35.0 Å². The number of carbonyl (C=O) groups excluding carboxylic acids is 1. The molecule has 3 heterocycles. The van der Waals surface area contributed by atoms with Crippen LogP contribution in [0.5, 0.6) is 11.6 Å². The Labute approximate surface area is 176 Å². The van der Waals surface area contributed by atoms with E-state index in [0.717, 1.165) is 35.2 Å². The van der Waals surface area contributed by atoms with Crippen LogP contribution >= 0.6 is 0 Å². The third kappa shape index (κ3) is 3.99. The second kappa shape index (κ2) is 8.95. The van der Waals surface area contributed by atoms with Gasteiger partial charge in [-0.3, -0.25) is 9.78 Å². The van der Waals surface area contributed by atoms with E-state index in [9.17, 15) is 4.79 Å². The largest absolute Gasteiger partial charge is 0.496 e. The fourth-order valence-electron chi connectivity index (χ4n) is 4.06. The van der Waals surface area contributed by atoms with Gasteiger partial charge < -0.3 is 14.4 Å². The third-order valence-electron chi connectivity index (χ3n) is 5.47. The van der Waals surface area contributed by atoms with Gasteiger partial charge in [0.05, 0.1) is 31.5 Å². The predicted molar refractivity (Wildman–Crippen MR) is 114 cm³/mol. The lowest BCUT2D eigenvalue weighted by atomic mass is 9.93. The maximum atomic E-state index is 12.9. The zero-order chi connectivity index (χ0) is 20.9. The zero-order valence-electron chi connectivity index (χ0n) is 17.2. The van der Waals surface area contributed by atoms with Crippen LogP contribution in [-0.2, 0) is 11.3 Å². The van der Waals surface area contributed by atoms with E-state index in [0.29, 0.717) is 24.6 Å². The van der Waals surface area contributed by atoms with E-state index in [1.54, 1.807) is 26.6 Å². The van der Waals surface area contributed by atoms with Crippen LogP contribution in [0.2, 0.25) is 0 Å². The monoisotopic (exact) mass is 403 g/mol. The molecule has 4 rings (SSSR count). The van der Waals surface area contributed by atoms with Gasteiger partial charge in [-0.15, -0.1) is 0 Å². The smallest absolute Gasteiger partial charge is 0.223 e. The normalized spacial score (nSPS) is 16.4. The molecule has 1 saturated heterocycles. The zero-order valence-corrected chi connectivity index (χ0v) is 17.2. The van der Waals surface area contributed by atoms with E-state index < -0.39 is 0 Å². The molecule has 154 valence electrons. The molecule has 3 aromatic rings. The predicted octanol–water partition coefficient (Wildman–Crippen LogP) is 4.41. The number of nitrogens with zero attached hydrogens (tertiary/aromatic N) is 3. The maximum absolute atomic E-state index is 12.9. The maximum Gasteiger partial charge on any atom is 0.223 e. The van der Waals surface area contributed by atoms with E-state index in [1.807, 2.05) is 47.4 Å². The lowest BCUT2D eigenvalue weighted by molar-refractivity contribution is -0.137. The minimum absolute atomic E-state index is 0.127. The number of hydrogen-bond acceptors (Lipinski definition) is 5. The molecule has 30 heavy (non-hydrogen) atoms. The molecule has 1 amide bonds. The minimum atomic E-state index is -0.150. The molecule has 0 saturated carbocycles. The van der Waals surface area contributed by atoms with Crippen molar-refractivity contribution in [2.45, 2.75) is 31.8 Å². The molecule has 1 aliphatic rings. The number of rotatable bonds is 6. The summed E-state index contributed by atoms with van der Waals surface area (Å²) in [6.07, 6.45) is 5.65. The lowest BCUT2D eigenvalue weighted by Gasteiger charge is -2.37. The van der Waals surface area contributed by atoms with E-state index in [2.05, 4.69) is 16.0 Å². The highest BCUT2D eigenvalue weighted by molar-refractivity contribution is 5.78. The van der Waals surface area contributed by atoms with Crippen molar-refractivity contribution in [1.29, 1.82) is 0 Å². The summed E-state index contributed by atoms with van der Waals surface area (Å²) in [4.78, 5) is 23.7. The highest BCUT2D eigenvalue weighted by atomic mass is 16.5. The second-order valence-corrected chi connectivity index (χ2v) is 7.28. The molecule has 2 aromatic heterocycles. The topological polar surface area (TPSA) is 64.6 Å². The molecule has 1 aliphatic heterocycles. The SMILES string of the molecule is COc1ccnc(OC)c1C1CCCC(=O)N1Cc1cccc(-c2ccccn2)c1. The molecule has 0 N–H and O–H groups in total. The molecule has 6 heteroatoms. The number of methoxy groups -OCH3 is 2. The number of amides is 1. The van der Waals surface area contributed by atoms with Gasteiger partial charge in [0, 0.05) is 30.9 Å². The molecular formula is C24H25N3O3. The van der Waals surface area contributed by atoms with Gasteiger partial charge in [-0.1, -0.05) is 24.3 Å². The van der Waals surface area contributed by atoms with Crippen molar-refractivity contribution in [2.75, 3.05) is 14.2 Å². The van der Waals surface area contributed by atoms with Gasteiger partial charge >= 0.3 is 0 Å². The molecule has 6 nitrogen and oxygen atoms in total. The Bertz CT molecular complexity index is 1000. The van der Waals surface area contributed by atoms with Crippen LogP contribution in [0.3, 0.4) is 0 Å². The molecule has 1 aromatic carbocycles. The summed E-state index contributed by atoms with van der Waals surface area (Å²) in [6, 6.07) is 15.7. The van der Waals surface area contributed by atoms with Crippen molar-refractivity contribution in [3.63, 3.8) is 0 Å². The number of piperidine rings is 1. The van der Waals surface area contributed by atoms with Crippen LogP contribution in [0.15, 0.2) is 60.9 Å². The van der Waals surface area contributed by atoms with Crippen LogP contribution in [0.1, 0.15) is 36.4 Å². The van der Waals surface area contributed by atoms with Crippen molar-refractivity contribution < 1.29 is 14.3 Å². The summed E-state index contributed by atoms with van der Waals surface area (Å²) in [5.74, 6) is 1.32. The van der Waals surface area contributed by atoms with Crippen molar-refractivity contribution in [3.8, 4) is 22.9 Å². The highest BCUT2D eigenvalue weighted by Gasteiger charge is 2.34. The summed E-state index contributed by atoms with van der Waals surface area (Å²) < 4.78 is 11.1. The van der Waals surface area contributed by atoms with E-state index in [1.165, 1.54) is 0 Å². The number of aromatic nitrogens is 2. The first-order valence-corrected chi connectivity index (χ1v) is 10.1. The van der Waals surface area contributed by atoms with E-state index in [-0.39, 0.29) is 11.9 Å². The van der Waals surface area contributed by atoms with Crippen LogP contribution in [0, 0.1) is 0 Å².